The maximum atomic E-state index is 8.42. The first kappa shape index (κ1) is 13.4. The SMILES string of the molecule is CC(C)(O)O.CCC(O)CO. The third kappa shape index (κ3) is 41.0. The Labute approximate surface area is 67.1 Å². The van der Waals surface area contributed by atoms with Crippen molar-refractivity contribution in [2.45, 2.75) is 39.1 Å². The lowest BCUT2D eigenvalue weighted by molar-refractivity contribution is -0.127. The molecule has 0 saturated carbocycles. The zero-order valence-electron chi connectivity index (χ0n) is 7.28. The fourth-order valence-electron chi connectivity index (χ4n) is 0.129. The molecule has 0 radical (unpaired) electrons. The summed E-state index contributed by atoms with van der Waals surface area (Å²) in [7, 11) is 0. The van der Waals surface area contributed by atoms with Crippen LogP contribution < -0.4 is 0 Å². The Morgan fingerprint density at radius 2 is 1.55 bits per heavy atom. The standard InChI is InChI=1S/C4H10O2.C3H8O2/c1-2-4(6)3-5;1-3(2,4)5/h4-6H,2-3H2,1H3;4-5H,1-2H3. The summed E-state index contributed by atoms with van der Waals surface area (Å²) in [4.78, 5) is 0. The summed E-state index contributed by atoms with van der Waals surface area (Å²) in [5.41, 5.74) is 0. The van der Waals surface area contributed by atoms with Gasteiger partial charge in [-0.15, -0.1) is 0 Å². The van der Waals surface area contributed by atoms with E-state index >= 15 is 0 Å². The molecule has 0 aromatic carbocycles. The van der Waals surface area contributed by atoms with Gasteiger partial charge in [0.05, 0.1) is 12.7 Å². The molecule has 0 aromatic rings. The van der Waals surface area contributed by atoms with Crippen molar-refractivity contribution < 1.29 is 20.4 Å². The van der Waals surface area contributed by atoms with Crippen molar-refractivity contribution in [3.63, 3.8) is 0 Å². The zero-order valence-corrected chi connectivity index (χ0v) is 7.28. The molecule has 0 aliphatic heterocycles. The van der Waals surface area contributed by atoms with Gasteiger partial charge in [-0.1, -0.05) is 6.92 Å². The van der Waals surface area contributed by atoms with Crippen molar-refractivity contribution >= 4 is 0 Å². The Hall–Kier alpha value is -0.160. The van der Waals surface area contributed by atoms with Crippen molar-refractivity contribution in [3.05, 3.63) is 0 Å². The monoisotopic (exact) mass is 166 g/mol. The first-order valence-corrected chi connectivity index (χ1v) is 3.55. The van der Waals surface area contributed by atoms with Crippen molar-refractivity contribution in [3.8, 4) is 0 Å². The van der Waals surface area contributed by atoms with Crippen LogP contribution in [0.3, 0.4) is 0 Å². The molecule has 1 unspecified atom stereocenters. The number of aliphatic hydroxyl groups excluding tert-OH is 2. The Bertz CT molecular complexity index is 67.0. The van der Waals surface area contributed by atoms with Crippen LogP contribution in [-0.2, 0) is 0 Å². The molecule has 0 fully saturated rings. The highest BCUT2D eigenvalue weighted by Gasteiger charge is 2.00. The van der Waals surface area contributed by atoms with E-state index in [1.807, 2.05) is 6.92 Å². The number of rotatable bonds is 2. The second-order valence-corrected chi connectivity index (χ2v) is 2.74. The minimum absolute atomic E-state index is 0.115. The maximum Gasteiger partial charge on any atom is 0.156 e. The van der Waals surface area contributed by atoms with Gasteiger partial charge in [0.1, 0.15) is 0 Å². The van der Waals surface area contributed by atoms with Crippen LogP contribution in [0, 0.1) is 0 Å². The molecule has 0 rings (SSSR count). The Kier molecular flexibility index (Phi) is 7.99. The highest BCUT2D eigenvalue weighted by Crippen LogP contribution is 1.88. The summed E-state index contributed by atoms with van der Waals surface area (Å²) in [6.45, 7) is 4.30. The quantitative estimate of drug-likeness (QED) is 0.415. The van der Waals surface area contributed by atoms with Gasteiger partial charge in [-0.2, -0.15) is 0 Å². The normalized spacial score (nSPS) is 13.4. The second-order valence-electron chi connectivity index (χ2n) is 2.74. The van der Waals surface area contributed by atoms with Crippen LogP contribution in [0.1, 0.15) is 27.2 Å². The van der Waals surface area contributed by atoms with E-state index < -0.39 is 11.9 Å². The van der Waals surface area contributed by atoms with E-state index in [1.54, 1.807) is 0 Å². The minimum atomic E-state index is -1.50. The van der Waals surface area contributed by atoms with E-state index in [1.165, 1.54) is 13.8 Å². The molecular weight excluding hydrogens is 148 g/mol. The Morgan fingerprint density at radius 1 is 1.27 bits per heavy atom. The minimum Gasteiger partial charge on any atom is -0.394 e. The number of aliphatic hydroxyl groups is 4. The Morgan fingerprint density at radius 3 is 1.55 bits per heavy atom. The molecule has 0 heterocycles. The summed E-state index contributed by atoms with van der Waals surface area (Å²) in [6, 6.07) is 0. The Balaban J connectivity index is 0. The molecular formula is C7H18O4. The van der Waals surface area contributed by atoms with Crippen LogP contribution in [0.25, 0.3) is 0 Å². The van der Waals surface area contributed by atoms with Gasteiger partial charge >= 0.3 is 0 Å². The second kappa shape index (κ2) is 6.54. The van der Waals surface area contributed by atoms with E-state index in [0.29, 0.717) is 6.42 Å². The molecule has 0 aromatic heterocycles. The molecule has 0 bridgehead atoms. The van der Waals surface area contributed by atoms with Crippen molar-refractivity contribution in [1.29, 1.82) is 0 Å². The molecule has 4 heteroatoms. The van der Waals surface area contributed by atoms with Crippen LogP contribution >= 0.6 is 0 Å². The first-order valence-electron chi connectivity index (χ1n) is 3.55. The molecule has 11 heavy (non-hydrogen) atoms. The van der Waals surface area contributed by atoms with E-state index in [2.05, 4.69) is 0 Å². The lowest BCUT2D eigenvalue weighted by atomic mass is 10.3. The molecule has 1 atom stereocenters. The third-order valence-corrected chi connectivity index (χ3v) is 0.682. The average Bonchev–Trinajstić information content (AvgIpc) is 1.83. The molecule has 0 spiro atoms. The predicted octanol–water partition coefficient (Wildman–Crippen LogP) is -0.543. The lowest BCUT2D eigenvalue weighted by Gasteiger charge is -2.03. The van der Waals surface area contributed by atoms with Gasteiger partial charge in [-0.3, -0.25) is 0 Å². The van der Waals surface area contributed by atoms with Crippen molar-refractivity contribution in [2.75, 3.05) is 6.61 Å². The van der Waals surface area contributed by atoms with Gasteiger partial charge < -0.3 is 20.4 Å². The van der Waals surface area contributed by atoms with Crippen LogP contribution in [-0.4, -0.2) is 38.9 Å². The molecule has 4 nitrogen and oxygen atoms in total. The van der Waals surface area contributed by atoms with E-state index in [0.717, 1.165) is 0 Å². The summed E-state index contributed by atoms with van der Waals surface area (Å²) in [6.07, 6.45) is 0.126. The molecule has 0 aliphatic carbocycles. The van der Waals surface area contributed by atoms with Gasteiger partial charge in [-0.05, 0) is 20.3 Å². The van der Waals surface area contributed by atoms with E-state index in [4.69, 9.17) is 20.4 Å². The highest BCUT2D eigenvalue weighted by atomic mass is 16.5. The summed E-state index contributed by atoms with van der Waals surface area (Å²) < 4.78 is 0. The topological polar surface area (TPSA) is 80.9 Å². The molecule has 0 aliphatic rings. The predicted molar refractivity (Wildman–Crippen MR) is 41.9 cm³/mol. The van der Waals surface area contributed by atoms with E-state index in [9.17, 15) is 0 Å². The average molecular weight is 166 g/mol. The molecule has 0 saturated heterocycles. The van der Waals surface area contributed by atoms with Gasteiger partial charge in [0, 0.05) is 0 Å². The molecule has 70 valence electrons. The third-order valence-electron chi connectivity index (χ3n) is 0.682. The fourth-order valence-corrected chi connectivity index (χ4v) is 0.129. The van der Waals surface area contributed by atoms with Gasteiger partial charge in [0.25, 0.3) is 0 Å². The smallest absolute Gasteiger partial charge is 0.156 e. The summed E-state index contributed by atoms with van der Waals surface area (Å²) in [5, 5.41) is 32.7. The van der Waals surface area contributed by atoms with Crippen LogP contribution in [0.4, 0.5) is 0 Å². The number of hydrogen-bond donors (Lipinski definition) is 4. The fraction of sp³-hybridized carbons (Fsp3) is 1.00. The molecule has 0 amide bonds. The highest BCUT2D eigenvalue weighted by molar-refractivity contribution is 4.43. The summed E-state index contributed by atoms with van der Waals surface area (Å²) in [5.74, 6) is -1.50. The zero-order chi connectivity index (χ0) is 9.49. The van der Waals surface area contributed by atoms with Crippen LogP contribution in [0.2, 0.25) is 0 Å². The lowest BCUT2D eigenvalue weighted by Crippen LogP contribution is -2.15. The van der Waals surface area contributed by atoms with Crippen LogP contribution in [0.15, 0.2) is 0 Å². The van der Waals surface area contributed by atoms with Crippen molar-refractivity contribution in [2.24, 2.45) is 0 Å². The van der Waals surface area contributed by atoms with Gasteiger partial charge in [0.15, 0.2) is 5.79 Å². The van der Waals surface area contributed by atoms with E-state index in [-0.39, 0.29) is 6.61 Å². The maximum absolute atomic E-state index is 8.42. The largest absolute Gasteiger partial charge is 0.394 e. The number of hydrogen-bond acceptors (Lipinski definition) is 4. The summed E-state index contributed by atoms with van der Waals surface area (Å²) >= 11 is 0. The van der Waals surface area contributed by atoms with Crippen molar-refractivity contribution in [1.82, 2.24) is 0 Å². The molecule has 4 N–H and O–H groups in total. The van der Waals surface area contributed by atoms with Gasteiger partial charge in [0.2, 0.25) is 0 Å². The first-order chi connectivity index (χ1) is 4.81. The van der Waals surface area contributed by atoms with Crippen LogP contribution in [0.5, 0.6) is 0 Å². The van der Waals surface area contributed by atoms with Gasteiger partial charge in [-0.25, -0.2) is 0 Å².